The van der Waals surface area contributed by atoms with Crippen LogP contribution in [0.4, 0.5) is 0 Å². The first kappa shape index (κ1) is 19.4. The maximum Gasteiger partial charge on any atom is 0.254 e. The van der Waals surface area contributed by atoms with Crippen LogP contribution >= 0.6 is 0 Å². The van der Waals surface area contributed by atoms with Gasteiger partial charge in [0.1, 0.15) is 19.6 Å². The summed E-state index contributed by atoms with van der Waals surface area (Å²) in [5, 5.41) is 7.42. The lowest BCUT2D eigenvalue weighted by Gasteiger charge is -2.04. The van der Waals surface area contributed by atoms with Crippen molar-refractivity contribution in [3.8, 4) is 0 Å². The van der Waals surface area contributed by atoms with Gasteiger partial charge in [-0.05, 0) is 6.42 Å². The Morgan fingerprint density at radius 1 is 0.905 bits per heavy atom. The highest BCUT2D eigenvalue weighted by Gasteiger charge is 2.03. The molecule has 0 saturated heterocycles. The molecule has 4 N–H and O–H groups in total. The van der Waals surface area contributed by atoms with Gasteiger partial charge in [-0.3, -0.25) is 9.59 Å². The molecule has 0 bridgehead atoms. The molecular formula is C11H18N2O6S2. The van der Waals surface area contributed by atoms with E-state index in [-0.39, 0.29) is 13.1 Å². The van der Waals surface area contributed by atoms with Crippen LogP contribution in [0.5, 0.6) is 0 Å². The van der Waals surface area contributed by atoms with Crippen LogP contribution < -0.4 is 10.6 Å². The summed E-state index contributed by atoms with van der Waals surface area (Å²) in [5.41, 5.74) is 0. The highest BCUT2D eigenvalue weighted by atomic mass is 32.2. The van der Waals surface area contributed by atoms with Crippen LogP contribution in [0.3, 0.4) is 0 Å². The molecule has 0 rings (SSSR count). The number of nitrogens with one attached hydrogen (secondary N) is 2. The summed E-state index contributed by atoms with van der Waals surface area (Å²) in [6.07, 6.45) is 0.334. The fourth-order valence-electron chi connectivity index (χ4n) is 0.998. The first-order valence-electron chi connectivity index (χ1n) is 5.65. The van der Waals surface area contributed by atoms with Crippen molar-refractivity contribution < 1.29 is 27.1 Å². The summed E-state index contributed by atoms with van der Waals surface area (Å²) in [4.78, 5) is 22.4. The van der Waals surface area contributed by atoms with E-state index in [9.17, 15) is 18.0 Å². The molecular weight excluding hydrogens is 320 g/mol. The Bertz CT molecular complexity index is 596. The highest BCUT2D eigenvalue weighted by Crippen LogP contribution is 1.85. The van der Waals surface area contributed by atoms with E-state index in [0.717, 1.165) is 10.8 Å². The number of rotatable bonds is 8. The summed E-state index contributed by atoms with van der Waals surface area (Å²) in [7, 11) is -6.93. The molecule has 10 heteroatoms. The lowest BCUT2D eigenvalue weighted by Crippen LogP contribution is -2.32. The van der Waals surface area contributed by atoms with Gasteiger partial charge < -0.3 is 19.7 Å². The molecule has 120 valence electrons. The molecule has 0 fully saturated rings. The van der Waals surface area contributed by atoms with Crippen LogP contribution in [0.1, 0.15) is 6.42 Å². The van der Waals surface area contributed by atoms with E-state index in [1.807, 2.05) is 0 Å². The van der Waals surface area contributed by atoms with Crippen LogP contribution in [0.25, 0.3) is 0 Å². The summed E-state index contributed by atoms with van der Waals surface area (Å²) >= 11 is 0. The Morgan fingerprint density at radius 2 is 1.24 bits per heavy atom. The van der Waals surface area contributed by atoms with Gasteiger partial charge in [0.2, 0.25) is 0 Å². The summed E-state index contributed by atoms with van der Waals surface area (Å²) < 4.78 is 40.4. The van der Waals surface area contributed by atoms with Gasteiger partial charge in [0, 0.05) is 23.9 Å². The third-order valence-corrected chi connectivity index (χ3v) is 4.04. The first-order valence-corrected chi connectivity index (χ1v) is 8.93. The summed E-state index contributed by atoms with van der Waals surface area (Å²) in [6.45, 7) is 6.53. The van der Waals surface area contributed by atoms with Gasteiger partial charge in [0.25, 0.3) is 11.8 Å². The van der Waals surface area contributed by atoms with E-state index in [1.54, 1.807) is 0 Å². The average Bonchev–Trinajstić information content (AvgIpc) is 2.37. The molecule has 0 aromatic carbocycles. The fourth-order valence-corrected chi connectivity index (χ4v) is 1.97. The second-order valence-corrected chi connectivity index (χ2v) is 7.33. The number of carbonyl (C=O) groups excluding carboxylic acids is 2. The van der Waals surface area contributed by atoms with Crippen molar-refractivity contribution in [2.75, 3.05) is 13.1 Å². The average molecular weight is 338 g/mol. The van der Waals surface area contributed by atoms with Crippen molar-refractivity contribution >= 4 is 42.2 Å². The lowest BCUT2D eigenvalue weighted by molar-refractivity contribution is -0.114. The van der Waals surface area contributed by atoms with Crippen LogP contribution in [0, 0.1) is 0 Å². The standard InChI is InChI=1S/C11H18N2O6S2/c1-3-20(16,17)8-10(14)12-6-5-7-13-11(15)9-21(18,19)4-2/h3-4,8-9H,1-2,5-7H2,(H,12,14)(H,13,15)(H,16,17)(H,18,19). The molecule has 0 heterocycles. The molecule has 8 nitrogen and oxygen atoms in total. The molecule has 0 aliphatic rings. The Hall–Kier alpha value is -1.62. The van der Waals surface area contributed by atoms with E-state index in [4.69, 9.17) is 9.11 Å². The maximum atomic E-state index is 11.2. The van der Waals surface area contributed by atoms with E-state index in [0.29, 0.717) is 17.2 Å². The van der Waals surface area contributed by atoms with E-state index in [2.05, 4.69) is 23.8 Å². The Kier molecular flexibility index (Phi) is 7.95. The van der Waals surface area contributed by atoms with E-state index >= 15 is 0 Å². The molecule has 0 aliphatic carbocycles. The molecule has 0 aromatic rings. The lowest BCUT2D eigenvalue weighted by atomic mass is 10.4. The van der Waals surface area contributed by atoms with Crippen molar-refractivity contribution in [3.63, 3.8) is 0 Å². The zero-order chi connectivity index (χ0) is 16.5. The largest absolute Gasteiger partial charge is 0.352 e. The zero-order valence-electron chi connectivity index (χ0n) is 11.2. The summed E-state index contributed by atoms with van der Waals surface area (Å²) in [5.74, 6) is -1.46. The molecule has 0 saturated carbocycles. The van der Waals surface area contributed by atoms with Crippen molar-refractivity contribution in [3.05, 3.63) is 24.0 Å². The van der Waals surface area contributed by atoms with E-state index in [1.165, 1.54) is 0 Å². The predicted octanol–water partition coefficient (Wildman–Crippen LogP) is -0.985. The summed E-state index contributed by atoms with van der Waals surface area (Å²) in [6, 6.07) is 0. The number of carbonyl (C=O) groups is 2. The second kappa shape index (κ2) is 8.62. The van der Waals surface area contributed by atoms with Gasteiger partial charge in [0.15, 0.2) is 0 Å². The zero-order valence-corrected chi connectivity index (χ0v) is 12.8. The second-order valence-electron chi connectivity index (χ2n) is 3.73. The normalized spacial score (nSPS) is 15.7. The van der Waals surface area contributed by atoms with Crippen LogP contribution in [-0.2, 0) is 29.2 Å². The molecule has 0 spiro atoms. The SMILES string of the molecule is C=CS(=O)(O)=CC(=O)NCCCNC(=O)C=S(=O)(O)C=C. The minimum Gasteiger partial charge on any atom is -0.352 e. The molecule has 0 radical (unpaired) electrons. The monoisotopic (exact) mass is 338 g/mol. The minimum atomic E-state index is -3.47. The van der Waals surface area contributed by atoms with Gasteiger partial charge in [-0.25, -0.2) is 8.42 Å². The van der Waals surface area contributed by atoms with Crippen molar-refractivity contribution in [2.24, 2.45) is 0 Å². The van der Waals surface area contributed by atoms with Gasteiger partial charge >= 0.3 is 0 Å². The molecule has 2 atom stereocenters. The van der Waals surface area contributed by atoms with Gasteiger partial charge in [-0.15, -0.1) is 0 Å². The van der Waals surface area contributed by atoms with E-state index < -0.39 is 31.4 Å². The van der Waals surface area contributed by atoms with Gasteiger partial charge in [-0.2, -0.15) is 0 Å². The molecule has 2 unspecified atom stereocenters. The first-order chi connectivity index (χ1) is 9.62. The number of amides is 2. The van der Waals surface area contributed by atoms with Crippen LogP contribution in [-0.4, -0.2) is 53.2 Å². The highest BCUT2D eigenvalue weighted by molar-refractivity contribution is 8.00. The quantitative estimate of drug-likeness (QED) is 0.332. The van der Waals surface area contributed by atoms with Gasteiger partial charge in [-0.1, -0.05) is 13.2 Å². The Labute approximate surface area is 124 Å². The molecule has 21 heavy (non-hydrogen) atoms. The molecule has 0 aliphatic heterocycles. The Balaban J connectivity index is 4.10. The Morgan fingerprint density at radius 3 is 1.52 bits per heavy atom. The number of hydrogen-bond donors (Lipinski definition) is 4. The molecule has 2 amide bonds. The smallest absolute Gasteiger partial charge is 0.254 e. The minimum absolute atomic E-state index is 0.151. The van der Waals surface area contributed by atoms with Crippen LogP contribution in [0.15, 0.2) is 24.0 Å². The molecule has 0 aromatic heterocycles. The van der Waals surface area contributed by atoms with Crippen molar-refractivity contribution in [1.82, 2.24) is 10.6 Å². The van der Waals surface area contributed by atoms with Crippen molar-refractivity contribution in [2.45, 2.75) is 6.42 Å². The predicted molar refractivity (Wildman–Crippen MR) is 84.7 cm³/mol. The third kappa shape index (κ3) is 9.85. The maximum absolute atomic E-state index is 11.2. The topological polar surface area (TPSA) is 133 Å². The third-order valence-electron chi connectivity index (χ3n) is 1.98. The van der Waals surface area contributed by atoms with Crippen molar-refractivity contribution in [1.29, 1.82) is 0 Å². The van der Waals surface area contributed by atoms with Gasteiger partial charge in [0.05, 0.1) is 10.7 Å². The number of hydrogen-bond acceptors (Lipinski definition) is 4. The van der Waals surface area contributed by atoms with Crippen LogP contribution in [0.2, 0.25) is 0 Å². The fraction of sp³-hybridized carbons (Fsp3) is 0.273.